The molecule has 3 heteroatoms. The van der Waals surface area contributed by atoms with E-state index in [9.17, 15) is 0 Å². The van der Waals surface area contributed by atoms with Crippen molar-refractivity contribution in [1.29, 1.82) is 0 Å². The van der Waals surface area contributed by atoms with Crippen molar-refractivity contribution >= 4 is 5.82 Å². The second kappa shape index (κ2) is 4.85. The van der Waals surface area contributed by atoms with Gasteiger partial charge in [0.25, 0.3) is 0 Å². The fraction of sp³-hybridized carbons (Fsp3) is 0.571. The van der Waals surface area contributed by atoms with Crippen LogP contribution in [0.4, 0.5) is 5.82 Å². The van der Waals surface area contributed by atoms with Gasteiger partial charge in [-0.3, -0.25) is 4.68 Å². The third-order valence-electron chi connectivity index (χ3n) is 1.08. The first-order chi connectivity index (χ1) is 4.84. The summed E-state index contributed by atoms with van der Waals surface area (Å²) in [6, 6.07) is 1.92. The van der Waals surface area contributed by atoms with E-state index in [-0.39, 0.29) is 0 Å². The highest BCUT2D eigenvalue weighted by atomic mass is 15.3. The first kappa shape index (κ1) is 9.01. The van der Waals surface area contributed by atoms with E-state index in [1.165, 1.54) is 0 Å². The van der Waals surface area contributed by atoms with Crippen LogP contribution in [-0.2, 0) is 7.05 Å². The molecule has 1 aromatic heterocycles. The number of nitrogens with zero attached hydrogens (tertiary/aromatic N) is 2. The molecular weight excluding hydrogens is 126 g/mol. The predicted molar refractivity (Wildman–Crippen MR) is 44.1 cm³/mol. The van der Waals surface area contributed by atoms with Crippen molar-refractivity contribution in [2.45, 2.75) is 13.8 Å². The summed E-state index contributed by atoms with van der Waals surface area (Å²) in [6.45, 7) is 4.00. The molecule has 0 atom stereocenters. The molecule has 0 amide bonds. The Balaban J connectivity index is 0.000000371. The SMILES string of the molecule is CC.CNc1ccnn1C. The summed E-state index contributed by atoms with van der Waals surface area (Å²) in [7, 11) is 3.77. The average molecular weight is 141 g/mol. The third kappa shape index (κ3) is 2.09. The molecule has 0 bridgehead atoms. The summed E-state index contributed by atoms with van der Waals surface area (Å²) in [5, 5.41) is 6.92. The molecule has 1 aromatic rings. The lowest BCUT2D eigenvalue weighted by molar-refractivity contribution is 0.775. The maximum atomic E-state index is 3.94. The second-order valence-corrected chi connectivity index (χ2v) is 1.59. The molecule has 0 aliphatic heterocycles. The van der Waals surface area contributed by atoms with Gasteiger partial charge in [0.2, 0.25) is 0 Å². The smallest absolute Gasteiger partial charge is 0.123 e. The number of hydrogen-bond acceptors (Lipinski definition) is 2. The van der Waals surface area contributed by atoms with Gasteiger partial charge in [0.1, 0.15) is 5.82 Å². The molecule has 1 N–H and O–H groups in total. The fourth-order valence-electron chi connectivity index (χ4n) is 0.619. The quantitative estimate of drug-likeness (QED) is 0.642. The monoisotopic (exact) mass is 141 g/mol. The zero-order valence-corrected chi connectivity index (χ0v) is 7.05. The highest BCUT2D eigenvalue weighted by molar-refractivity contribution is 5.31. The van der Waals surface area contributed by atoms with Crippen LogP contribution in [0.1, 0.15) is 13.8 Å². The first-order valence-electron chi connectivity index (χ1n) is 3.50. The molecule has 0 spiro atoms. The highest BCUT2D eigenvalue weighted by Crippen LogP contribution is 1.99. The van der Waals surface area contributed by atoms with Crippen LogP contribution in [0.25, 0.3) is 0 Å². The van der Waals surface area contributed by atoms with Crippen molar-refractivity contribution in [2.75, 3.05) is 12.4 Å². The minimum Gasteiger partial charge on any atom is -0.373 e. The normalized spacial score (nSPS) is 8.00. The van der Waals surface area contributed by atoms with Crippen LogP contribution >= 0.6 is 0 Å². The van der Waals surface area contributed by atoms with Gasteiger partial charge >= 0.3 is 0 Å². The van der Waals surface area contributed by atoms with Crippen molar-refractivity contribution in [2.24, 2.45) is 7.05 Å². The van der Waals surface area contributed by atoms with E-state index in [4.69, 9.17) is 0 Å². The summed E-state index contributed by atoms with van der Waals surface area (Å²) in [6.07, 6.45) is 1.76. The summed E-state index contributed by atoms with van der Waals surface area (Å²) >= 11 is 0. The number of hydrogen-bond donors (Lipinski definition) is 1. The second-order valence-electron chi connectivity index (χ2n) is 1.59. The number of rotatable bonds is 1. The third-order valence-corrected chi connectivity index (χ3v) is 1.08. The Kier molecular flexibility index (Phi) is 4.37. The number of anilines is 1. The minimum atomic E-state index is 1.03. The average Bonchev–Trinajstić information content (AvgIpc) is 2.39. The summed E-state index contributed by atoms with van der Waals surface area (Å²) in [5.41, 5.74) is 0. The van der Waals surface area contributed by atoms with E-state index in [1.807, 2.05) is 34.0 Å². The summed E-state index contributed by atoms with van der Waals surface area (Å²) < 4.78 is 1.78. The number of aromatic nitrogens is 2. The van der Waals surface area contributed by atoms with Crippen molar-refractivity contribution in [3.8, 4) is 0 Å². The molecule has 0 unspecified atom stereocenters. The Hall–Kier alpha value is -0.990. The van der Waals surface area contributed by atoms with Gasteiger partial charge in [0, 0.05) is 20.2 Å². The summed E-state index contributed by atoms with van der Waals surface area (Å²) in [5.74, 6) is 1.03. The molecule has 0 fully saturated rings. The van der Waals surface area contributed by atoms with Gasteiger partial charge < -0.3 is 5.32 Å². The zero-order valence-electron chi connectivity index (χ0n) is 7.05. The lowest BCUT2D eigenvalue weighted by Crippen LogP contribution is -1.97. The lowest BCUT2D eigenvalue weighted by Gasteiger charge is -1.96. The Morgan fingerprint density at radius 3 is 2.30 bits per heavy atom. The van der Waals surface area contributed by atoms with Gasteiger partial charge in [-0.2, -0.15) is 5.10 Å². The molecule has 0 aliphatic rings. The van der Waals surface area contributed by atoms with Crippen molar-refractivity contribution in [3.63, 3.8) is 0 Å². The molecule has 1 rings (SSSR count). The predicted octanol–water partition coefficient (Wildman–Crippen LogP) is 1.49. The molecule has 58 valence electrons. The van der Waals surface area contributed by atoms with Crippen LogP contribution in [0.15, 0.2) is 12.3 Å². The molecule has 0 aromatic carbocycles. The van der Waals surface area contributed by atoms with Crippen molar-refractivity contribution < 1.29 is 0 Å². The van der Waals surface area contributed by atoms with E-state index >= 15 is 0 Å². The van der Waals surface area contributed by atoms with Gasteiger partial charge in [0.05, 0.1) is 6.20 Å². The molecule has 3 nitrogen and oxygen atoms in total. The van der Waals surface area contributed by atoms with Crippen LogP contribution in [0.2, 0.25) is 0 Å². The van der Waals surface area contributed by atoms with Gasteiger partial charge in [0.15, 0.2) is 0 Å². The summed E-state index contributed by atoms with van der Waals surface area (Å²) in [4.78, 5) is 0. The molecule has 0 radical (unpaired) electrons. The van der Waals surface area contributed by atoms with Crippen LogP contribution in [0, 0.1) is 0 Å². The molecular formula is C7H15N3. The maximum absolute atomic E-state index is 3.94. The maximum Gasteiger partial charge on any atom is 0.123 e. The largest absolute Gasteiger partial charge is 0.373 e. The Morgan fingerprint density at radius 2 is 2.10 bits per heavy atom. The van der Waals surface area contributed by atoms with Gasteiger partial charge in [-0.05, 0) is 0 Å². The molecule has 1 heterocycles. The van der Waals surface area contributed by atoms with Gasteiger partial charge in [-0.25, -0.2) is 0 Å². The zero-order chi connectivity index (χ0) is 7.98. The van der Waals surface area contributed by atoms with E-state index in [2.05, 4.69) is 10.4 Å². The van der Waals surface area contributed by atoms with Crippen molar-refractivity contribution in [3.05, 3.63) is 12.3 Å². The molecule has 0 saturated heterocycles. The van der Waals surface area contributed by atoms with Crippen LogP contribution in [0.3, 0.4) is 0 Å². The number of nitrogens with one attached hydrogen (secondary N) is 1. The van der Waals surface area contributed by atoms with Crippen LogP contribution in [0.5, 0.6) is 0 Å². The topological polar surface area (TPSA) is 29.9 Å². The lowest BCUT2D eigenvalue weighted by atomic mass is 10.6. The molecule has 10 heavy (non-hydrogen) atoms. The van der Waals surface area contributed by atoms with Gasteiger partial charge in [-0.1, -0.05) is 13.8 Å². The van der Waals surface area contributed by atoms with Crippen LogP contribution in [-0.4, -0.2) is 16.8 Å². The van der Waals surface area contributed by atoms with E-state index in [1.54, 1.807) is 10.9 Å². The Labute approximate surface area is 62.1 Å². The fourth-order valence-corrected chi connectivity index (χ4v) is 0.619. The van der Waals surface area contributed by atoms with Crippen molar-refractivity contribution in [1.82, 2.24) is 9.78 Å². The van der Waals surface area contributed by atoms with E-state index in [0.717, 1.165) is 5.82 Å². The highest BCUT2D eigenvalue weighted by Gasteiger charge is 1.88. The van der Waals surface area contributed by atoms with Gasteiger partial charge in [-0.15, -0.1) is 0 Å². The molecule has 0 aliphatic carbocycles. The van der Waals surface area contributed by atoms with Crippen LogP contribution < -0.4 is 5.32 Å². The number of aryl methyl sites for hydroxylation is 1. The first-order valence-corrected chi connectivity index (χ1v) is 3.50. The van der Waals surface area contributed by atoms with E-state index < -0.39 is 0 Å². The van der Waals surface area contributed by atoms with E-state index in [0.29, 0.717) is 0 Å². The molecule has 0 saturated carbocycles. The Bertz CT molecular complexity index is 169. The standard InChI is InChI=1S/C5H9N3.C2H6/c1-6-5-3-4-7-8(5)2;1-2/h3-4,6H,1-2H3;1-2H3. The Morgan fingerprint density at radius 1 is 1.50 bits per heavy atom. The minimum absolute atomic E-state index is 1.03.